The molecule has 0 fully saturated rings. The molecule has 1 atom stereocenters. The lowest BCUT2D eigenvalue weighted by Crippen LogP contribution is -3.09. The summed E-state index contributed by atoms with van der Waals surface area (Å²) in [5.74, 6) is 0.00979. The molecule has 0 spiro atoms. The molecule has 2 aromatic rings. The van der Waals surface area contributed by atoms with E-state index in [1.54, 1.807) is 9.36 Å². The molecule has 7 nitrogen and oxygen atoms in total. The summed E-state index contributed by atoms with van der Waals surface area (Å²) >= 11 is 5.47. The van der Waals surface area contributed by atoms with E-state index in [0.29, 0.717) is 18.0 Å². The van der Waals surface area contributed by atoms with Gasteiger partial charge in [0.1, 0.15) is 0 Å². The van der Waals surface area contributed by atoms with Crippen molar-refractivity contribution in [3.63, 3.8) is 0 Å². The quantitative estimate of drug-likeness (QED) is 0.742. The topological polar surface area (TPSA) is 69.2 Å². The molecule has 0 bridgehead atoms. The van der Waals surface area contributed by atoms with Gasteiger partial charge in [-0.15, -0.1) is 0 Å². The van der Waals surface area contributed by atoms with Gasteiger partial charge in [-0.3, -0.25) is 4.79 Å². The van der Waals surface area contributed by atoms with Crippen LogP contribution < -0.4 is 10.2 Å². The van der Waals surface area contributed by atoms with Gasteiger partial charge < -0.3 is 10.2 Å². The number of hydrogen-bond donors (Lipinski definition) is 2. The van der Waals surface area contributed by atoms with Crippen molar-refractivity contribution < 1.29 is 9.69 Å². The molecule has 0 radical (unpaired) electrons. The number of carbonyl (C=O) groups excluding carboxylic acids is 1. The van der Waals surface area contributed by atoms with Crippen LogP contribution in [0.3, 0.4) is 0 Å². The fraction of sp³-hybridized carbons (Fsp3) is 0.500. The first kappa shape index (κ1) is 18.3. The molecule has 8 heteroatoms. The molecule has 2 N–H and O–H groups in total. The molecule has 1 unspecified atom stereocenters. The van der Waals surface area contributed by atoms with Crippen molar-refractivity contribution in [2.45, 2.75) is 40.4 Å². The highest BCUT2D eigenvalue weighted by Crippen LogP contribution is 2.13. The summed E-state index contributed by atoms with van der Waals surface area (Å²) in [5.41, 5.74) is 3.29. The lowest BCUT2D eigenvalue weighted by atomic mass is 10.1. The molecular weight excluding hydrogens is 324 g/mol. The number of aryl methyl sites for hydroxylation is 2. The van der Waals surface area contributed by atoms with Gasteiger partial charge in [-0.05, 0) is 73.6 Å². The van der Waals surface area contributed by atoms with E-state index >= 15 is 0 Å². The van der Waals surface area contributed by atoms with Crippen LogP contribution >= 0.6 is 12.2 Å². The number of rotatable bonds is 6. The number of quaternary nitrogens is 1. The third kappa shape index (κ3) is 4.48. The predicted molar refractivity (Wildman–Crippen MR) is 94.7 cm³/mol. The number of carbonyl (C=O) groups is 1. The Morgan fingerprint density at radius 3 is 2.62 bits per heavy atom. The fourth-order valence-electron chi connectivity index (χ4n) is 2.35. The summed E-state index contributed by atoms with van der Waals surface area (Å²) < 4.78 is 3.80. The molecule has 1 aromatic heterocycles. The van der Waals surface area contributed by atoms with Gasteiger partial charge in [0.15, 0.2) is 13.2 Å². The monoisotopic (exact) mass is 349 g/mol. The van der Waals surface area contributed by atoms with Crippen LogP contribution in [0.4, 0.5) is 0 Å². The van der Waals surface area contributed by atoms with Gasteiger partial charge in [-0.1, -0.05) is 6.07 Å². The summed E-state index contributed by atoms with van der Waals surface area (Å²) in [5, 5.41) is 11.2. The van der Waals surface area contributed by atoms with Gasteiger partial charge >= 0.3 is 0 Å². The molecule has 0 aliphatic carbocycles. The Bertz CT molecular complexity index is 779. The van der Waals surface area contributed by atoms with Crippen LogP contribution in [-0.4, -0.2) is 45.3 Å². The summed E-state index contributed by atoms with van der Waals surface area (Å²) in [6.45, 7) is 8.84. The minimum absolute atomic E-state index is 0.00979. The van der Waals surface area contributed by atoms with Crippen molar-refractivity contribution in [3.8, 4) is 5.69 Å². The molecule has 0 saturated heterocycles. The van der Waals surface area contributed by atoms with Crippen LogP contribution in [0.25, 0.3) is 5.69 Å². The van der Waals surface area contributed by atoms with E-state index in [1.165, 1.54) is 11.1 Å². The molecule has 1 heterocycles. The number of amides is 1. The first-order valence-electron chi connectivity index (χ1n) is 7.99. The second-order valence-corrected chi connectivity index (χ2v) is 6.82. The molecule has 0 saturated carbocycles. The maximum Gasteiger partial charge on any atom is 0.275 e. The van der Waals surface area contributed by atoms with E-state index < -0.39 is 0 Å². The van der Waals surface area contributed by atoms with E-state index in [4.69, 9.17) is 12.2 Å². The van der Waals surface area contributed by atoms with E-state index in [-0.39, 0.29) is 11.9 Å². The van der Waals surface area contributed by atoms with Crippen molar-refractivity contribution in [2.24, 2.45) is 0 Å². The van der Waals surface area contributed by atoms with Crippen LogP contribution in [0.1, 0.15) is 25.0 Å². The fourth-order valence-corrected chi connectivity index (χ4v) is 2.59. The van der Waals surface area contributed by atoms with Gasteiger partial charge in [-0.25, -0.2) is 0 Å². The highest BCUT2D eigenvalue weighted by Gasteiger charge is 2.14. The minimum Gasteiger partial charge on any atom is -0.349 e. The number of likely N-dealkylation sites (N-methyl/N-ethyl adjacent to an activating group) is 1. The standard InChI is InChI=1S/C16H24N6OS/c1-11(2)17-15(23)9-20(5)10-21-16(24)22(19-18-21)14-7-6-12(3)13(4)8-14/h6-8,11H,9-10H2,1-5H3,(H,17,23)/p+1. The zero-order chi connectivity index (χ0) is 17.9. The van der Waals surface area contributed by atoms with Gasteiger partial charge in [0.05, 0.1) is 12.7 Å². The summed E-state index contributed by atoms with van der Waals surface area (Å²) in [6, 6.07) is 6.19. The zero-order valence-corrected chi connectivity index (χ0v) is 15.6. The molecule has 0 aliphatic heterocycles. The minimum atomic E-state index is 0.00979. The maximum absolute atomic E-state index is 11.8. The maximum atomic E-state index is 11.8. The molecule has 130 valence electrons. The number of hydrogen-bond acceptors (Lipinski definition) is 4. The van der Waals surface area contributed by atoms with Gasteiger partial charge in [0, 0.05) is 6.04 Å². The van der Waals surface area contributed by atoms with Crippen LogP contribution in [0.5, 0.6) is 0 Å². The van der Waals surface area contributed by atoms with Gasteiger partial charge in [0.2, 0.25) is 4.77 Å². The van der Waals surface area contributed by atoms with Crippen molar-refractivity contribution in [3.05, 3.63) is 34.1 Å². The Kier molecular flexibility index (Phi) is 5.84. The second-order valence-electron chi connectivity index (χ2n) is 6.46. The molecule has 1 amide bonds. The Morgan fingerprint density at radius 2 is 2.00 bits per heavy atom. The zero-order valence-electron chi connectivity index (χ0n) is 14.8. The number of nitrogens with one attached hydrogen (secondary N) is 2. The van der Waals surface area contributed by atoms with Crippen molar-refractivity contribution in [1.29, 1.82) is 0 Å². The first-order chi connectivity index (χ1) is 11.3. The Labute approximate surface area is 147 Å². The highest BCUT2D eigenvalue weighted by molar-refractivity contribution is 7.71. The molecule has 2 rings (SSSR count). The largest absolute Gasteiger partial charge is 0.349 e. The van der Waals surface area contributed by atoms with Crippen LogP contribution in [-0.2, 0) is 11.5 Å². The normalized spacial score (nSPS) is 12.4. The van der Waals surface area contributed by atoms with E-state index in [0.717, 1.165) is 10.6 Å². The molecule has 24 heavy (non-hydrogen) atoms. The van der Waals surface area contributed by atoms with Crippen LogP contribution in [0, 0.1) is 18.6 Å². The average molecular weight is 349 g/mol. The van der Waals surface area contributed by atoms with Gasteiger partial charge in [-0.2, -0.15) is 9.36 Å². The van der Waals surface area contributed by atoms with Crippen molar-refractivity contribution >= 4 is 18.1 Å². The van der Waals surface area contributed by atoms with E-state index in [9.17, 15) is 4.79 Å². The SMILES string of the molecule is Cc1ccc(-n2nnn(C[NH+](C)CC(=O)NC(C)C)c2=S)cc1C. The van der Waals surface area contributed by atoms with E-state index in [2.05, 4.69) is 29.6 Å². The van der Waals surface area contributed by atoms with Crippen molar-refractivity contribution in [2.75, 3.05) is 13.6 Å². The first-order valence-corrected chi connectivity index (χ1v) is 8.40. The number of aromatic nitrogens is 4. The smallest absolute Gasteiger partial charge is 0.275 e. The van der Waals surface area contributed by atoms with Crippen LogP contribution in [0.15, 0.2) is 18.2 Å². The Balaban J connectivity index is 2.11. The van der Waals surface area contributed by atoms with E-state index in [1.807, 2.05) is 39.1 Å². The second kappa shape index (κ2) is 7.67. The predicted octanol–water partition coefficient (Wildman–Crippen LogP) is 0.412. The molecular formula is C16H25N6OS+. The van der Waals surface area contributed by atoms with Crippen LogP contribution in [0.2, 0.25) is 0 Å². The number of tetrazole rings is 1. The summed E-state index contributed by atoms with van der Waals surface area (Å²) in [6.07, 6.45) is 0. The lowest BCUT2D eigenvalue weighted by Gasteiger charge is -2.14. The Hall–Kier alpha value is -2.06. The number of benzene rings is 1. The Morgan fingerprint density at radius 1 is 1.29 bits per heavy atom. The third-order valence-electron chi connectivity index (χ3n) is 3.71. The number of nitrogens with zero attached hydrogens (tertiary/aromatic N) is 4. The van der Waals surface area contributed by atoms with Gasteiger partial charge in [0.25, 0.3) is 5.91 Å². The summed E-state index contributed by atoms with van der Waals surface area (Å²) in [7, 11) is 1.93. The summed E-state index contributed by atoms with van der Waals surface area (Å²) in [4.78, 5) is 12.8. The average Bonchev–Trinajstić information content (AvgIpc) is 2.82. The highest BCUT2D eigenvalue weighted by atomic mass is 32.1. The molecule has 0 aliphatic rings. The van der Waals surface area contributed by atoms with Crippen molar-refractivity contribution in [1.82, 2.24) is 25.1 Å². The molecule has 1 aromatic carbocycles. The lowest BCUT2D eigenvalue weighted by molar-refractivity contribution is -0.895. The third-order valence-corrected chi connectivity index (χ3v) is 4.09.